The predicted molar refractivity (Wildman–Crippen MR) is 135 cm³/mol. The second kappa shape index (κ2) is 20.8. The number of hydrogen-bond donors (Lipinski definition) is 0. The van der Waals surface area contributed by atoms with Crippen LogP contribution in [0.5, 0.6) is 0 Å². The van der Waals surface area contributed by atoms with Gasteiger partial charge in [-0.2, -0.15) is 0 Å². The summed E-state index contributed by atoms with van der Waals surface area (Å²) in [5.74, 6) is 1.68. The Labute approximate surface area is 193 Å². The molecule has 2 nitrogen and oxygen atoms in total. The monoisotopic (exact) mass is 556 g/mol. The molecule has 0 radical (unpaired) electrons. The first-order chi connectivity index (χ1) is 13.9. The van der Waals surface area contributed by atoms with E-state index >= 15 is 0 Å². The molecule has 0 aliphatic carbocycles. The van der Waals surface area contributed by atoms with Crippen molar-refractivity contribution in [3.8, 4) is 0 Å². The smallest absolute Gasteiger partial charge is 0.0628 e. The van der Waals surface area contributed by atoms with Crippen molar-refractivity contribution in [3.63, 3.8) is 0 Å². The van der Waals surface area contributed by atoms with Crippen molar-refractivity contribution in [1.82, 2.24) is 0 Å². The fraction of sp³-hybridized carbons (Fsp3) is 0.958. The molecule has 0 unspecified atom stereocenters. The van der Waals surface area contributed by atoms with E-state index < -0.39 is 15.9 Å². The first-order valence-electron chi connectivity index (χ1n) is 12.4. The van der Waals surface area contributed by atoms with Crippen molar-refractivity contribution in [1.29, 1.82) is 0 Å². The van der Waals surface area contributed by atoms with Crippen molar-refractivity contribution in [2.24, 2.45) is 5.92 Å². The van der Waals surface area contributed by atoms with Gasteiger partial charge in [0.15, 0.2) is 0 Å². The average molecular weight is 556 g/mol. The zero-order chi connectivity index (χ0) is 21.8. The average Bonchev–Trinajstić information content (AvgIpc) is 2.69. The van der Waals surface area contributed by atoms with Crippen LogP contribution in [0, 0.1) is 5.92 Å². The Morgan fingerprint density at radius 2 is 1.38 bits per heavy atom. The fourth-order valence-corrected chi connectivity index (χ4v) is 21.9. The van der Waals surface area contributed by atoms with Crippen LogP contribution in [0.2, 0.25) is 8.87 Å². The third kappa shape index (κ3) is 20.6. The second-order valence-electron chi connectivity index (χ2n) is 8.92. The molecule has 174 valence electrons. The Balaban J connectivity index is 3.61. The summed E-state index contributed by atoms with van der Waals surface area (Å²) in [6, 6.07) is 0. The minimum absolute atomic E-state index is 0.0288. The molecule has 0 aliphatic heterocycles. The zero-order valence-electron chi connectivity index (χ0n) is 19.9. The topological polar surface area (TPSA) is 26.3 Å². The van der Waals surface area contributed by atoms with Gasteiger partial charge in [-0.15, -0.1) is 0 Å². The molecule has 0 N–H and O–H groups in total. The number of carbonyl (C=O) groups is 1. The molecule has 0 saturated heterocycles. The van der Waals surface area contributed by atoms with Crippen LogP contribution in [0.4, 0.5) is 0 Å². The van der Waals surface area contributed by atoms with Gasteiger partial charge in [0.05, 0.1) is 0 Å². The van der Waals surface area contributed by atoms with E-state index in [4.69, 9.17) is 13.7 Å². The van der Waals surface area contributed by atoms with Gasteiger partial charge in [0.2, 0.25) is 0 Å². The molecule has 0 aromatic heterocycles. The van der Waals surface area contributed by atoms with E-state index in [9.17, 15) is 4.79 Å². The quantitative estimate of drug-likeness (QED) is 0.0802. The van der Waals surface area contributed by atoms with Gasteiger partial charge in [-0.3, -0.25) is 0 Å². The third-order valence-electron chi connectivity index (χ3n) is 5.41. The summed E-state index contributed by atoms with van der Waals surface area (Å²) in [6.07, 6.45) is 17.1. The molecule has 0 aliphatic rings. The SMILES string of the molecule is CCC[CH2][Sn]([Cl])([CH2]CCC)[S]CCC(=O)OCCCCCCCCCCC(C)C. The van der Waals surface area contributed by atoms with Crippen LogP contribution in [0.15, 0.2) is 0 Å². The van der Waals surface area contributed by atoms with Crippen molar-refractivity contribution in [2.75, 3.05) is 12.4 Å². The Morgan fingerprint density at radius 1 is 0.862 bits per heavy atom. The summed E-state index contributed by atoms with van der Waals surface area (Å²) < 4.78 is 7.91. The van der Waals surface area contributed by atoms with E-state index in [2.05, 4.69) is 27.7 Å². The van der Waals surface area contributed by atoms with Crippen LogP contribution < -0.4 is 0 Å². The maximum atomic E-state index is 12.0. The van der Waals surface area contributed by atoms with E-state index in [1.54, 1.807) is 0 Å². The van der Waals surface area contributed by atoms with E-state index in [0.717, 1.165) is 18.1 Å². The van der Waals surface area contributed by atoms with E-state index in [1.807, 2.05) is 8.95 Å². The molecule has 0 rings (SSSR count). The van der Waals surface area contributed by atoms with Gasteiger partial charge in [-0.1, -0.05) is 33.1 Å². The molecule has 0 heterocycles. The second-order valence-corrected chi connectivity index (χ2v) is 31.6. The summed E-state index contributed by atoms with van der Waals surface area (Å²) in [6.45, 7) is 9.68. The molecule has 0 bridgehead atoms. The summed E-state index contributed by atoms with van der Waals surface area (Å²) in [5.41, 5.74) is 0. The Bertz CT molecular complexity index is 372. The van der Waals surface area contributed by atoms with Gasteiger partial charge in [0.25, 0.3) is 0 Å². The minimum atomic E-state index is -2.54. The number of ether oxygens (including phenoxy) is 1. The Morgan fingerprint density at radius 3 is 1.90 bits per heavy atom. The van der Waals surface area contributed by atoms with Crippen molar-refractivity contribution < 1.29 is 9.53 Å². The van der Waals surface area contributed by atoms with Crippen molar-refractivity contribution >= 4 is 39.7 Å². The molecule has 29 heavy (non-hydrogen) atoms. The molecular formula is C24H49ClO2SSn. The maximum absolute atomic E-state index is 12.0. The number of halogens is 1. The number of hydrogen-bond acceptors (Lipinski definition) is 3. The first kappa shape index (κ1) is 29.9. The summed E-state index contributed by atoms with van der Waals surface area (Å²) in [7, 11) is 9.00. The molecule has 0 atom stereocenters. The van der Waals surface area contributed by atoms with Crippen molar-refractivity contribution in [3.05, 3.63) is 0 Å². The number of unbranched alkanes of at least 4 members (excludes halogenated alkanes) is 9. The molecule has 0 saturated carbocycles. The summed E-state index contributed by atoms with van der Waals surface area (Å²) in [4.78, 5) is 12.0. The fourth-order valence-electron chi connectivity index (χ4n) is 3.44. The standard InChI is InChI=1S/C16H32O2S.2C4H9.ClH.Sn/c1-15(2)11-9-7-5-3-4-6-8-10-13-18-16(17)12-14-19;2*1-3-4-2;;/h15,19H,3-14H2,1-2H3;2*1,3-4H2,2H3;1H;/q;;;;+2/p-2. The number of carbonyl (C=O) groups excluding carboxylic acids is 1. The Hall–Kier alpha value is 0.909. The summed E-state index contributed by atoms with van der Waals surface area (Å²) >= 11 is -2.54. The molecule has 0 aromatic carbocycles. The van der Waals surface area contributed by atoms with Crippen LogP contribution in [-0.4, -0.2) is 34.2 Å². The van der Waals surface area contributed by atoms with E-state index in [0.29, 0.717) is 13.0 Å². The van der Waals surface area contributed by atoms with Crippen LogP contribution in [0.3, 0.4) is 0 Å². The molecule has 0 aromatic rings. The van der Waals surface area contributed by atoms with Crippen molar-refractivity contribution in [2.45, 2.75) is 126 Å². The molecule has 5 heteroatoms. The molecular weight excluding hydrogens is 506 g/mol. The number of rotatable bonds is 21. The van der Waals surface area contributed by atoms with E-state index in [-0.39, 0.29) is 5.97 Å². The van der Waals surface area contributed by atoms with Crippen LogP contribution in [0.1, 0.15) is 118 Å². The number of esters is 1. The van der Waals surface area contributed by atoms with Gasteiger partial charge >= 0.3 is 155 Å². The normalized spacial score (nSPS) is 11.9. The third-order valence-corrected chi connectivity index (χ3v) is 26.3. The molecule has 0 fully saturated rings. The first-order valence-corrected chi connectivity index (χ1v) is 24.5. The molecule has 0 spiro atoms. The van der Waals surface area contributed by atoms with Gasteiger partial charge in [-0.05, 0) is 5.92 Å². The predicted octanol–water partition coefficient (Wildman–Crippen LogP) is 9.10. The Kier molecular flexibility index (Phi) is 21.4. The van der Waals surface area contributed by atoms with Crippen LogP contribution >= 0.6 is 17.9 Å². The van der Waals surface area contributed by atoms with Gasteiger partial charge in [0.1, 0.15) is 0 Å². The van der Waals surface area contributed by atoms with Crippen LogP contribution in [0.25, 0.3) is 0 Å². The van der Waals surface area contributed by atoms with Gasteiger partial charge in [-0.25, -0.2) is 0 Å². The minimum Gasteiger partial charge on any atom is -0.0628 e. The van der Waals surface area contributed by atoms with Gasteiger partial charge in [0, 0.05) is 0 Å². The molecule has 0 amide bonds. The zero-order valence-corrected chi connectivity index (χ0v) is 24.3. The van der Waals surface area contributed by atoms with Crippen LogP contribution in [-0.2, 0) is 9.53 Å². The summed E-state index contributed by atoms with van der Waals surface area (Å²) in [5, 5.41) is 0. The van der Waals surface area contributed by atoms with Gasteiger partial charge < -0.3 is 0 Å². The van der Waals surface area contributed by atoms with E-state index in [1.165, 1.54) is 85.9 Å².